The normalized spacial score (nSPS) is 17.4. The zero-order chi connectivity index (χ0) is 9.80. The van der Waals surface area contributed by atoms with Gasteiger partial charge in [-0.3, -0.25) is 0 Å². The maximum atomic E-state index is 8.89. The Kier molecular flexibility index (Phi) is 3.03. The zero-order valence-corrected chi connectivity index (χ0v) is 8.39. The van der Waals surface area contributed by atoms with Crippen LogP contribution in [0.4, 0.5) is 5.82 Å². The smallest absolute Gasteiger partial charge is 0.128 e. The summed E-state index contributed by atoms with van der Waals surface area (Å²) in [6, 6.07) is 0. The fourth-order valence-electron chi connectivity index (χ4n) is 1.98. The molecular formula is C10H17N3O. The Bertz CT molecular complexity index is 279. The van der Waals surface area contributed by atoms with Gasteiger partial charge in [0.25, 0.3) is 0 Å². The summed E-state index contributed by atoms with van der Waals surface area (Å²) >= 11 is 0. The Morgan fingerprint density at radius 1 is 1.29 bits per heavy atom. The van der Waals surface area contributed by atoms with E-state index in [4.69, 9.17) is 5.11 Å². The van der Waals surface area contributed by atoms with Crippen LogP contribution < -0.4 is 4.90 Å². The van der Waals surface area contributed by atoms with Gasteiger partial charge in [-0.05, 0) is 19.3 Å². The molecule has 0 bridgehead atoms. The van der Waals surface area contributed by atoms with E-state index >= 15 is 0 Å². The molecule has 1 aliphatic rings. The lowest BCUT2D eigenvalue weighted by Gasteiger charge is -2.28. The summed E-state index contributed by atoms with van der Waals surface area (Å²) in [7, 11) is 0. The number of piperidine rings is 1. The third kappa shape index (κ3) is 1.90. The van der Waals surface area contributed by atoms with Gasteiger partial charge in [0.2, 0.25) is 0 Å². The van der Waals surface area contributed by atoms with E-state index in [1.807, 2.05) is 10.8 Å². The molecule has 0 saturated carbocycles. The minimum atomic E-state index is 0.178. The Morgan fingerprint density at radius 3 is 2.79 bits per heavy atom. The summed E-state index contributed by atoms with van der Waals surface area (Å²) in [5.41, 5.74) is 0. The standard InChI is InChI=1S/C10H17N3O/c14-7-6-13-9-11-8-10(13)12-4-2-1-3-5-12/h8-9,14H,1-7H2. The molecule has 1 N–H and O–H groups in total. The average Bonchev–Trinajstić information content (AvgIpc) is 2.68. The number of rotatable bonds is 3. The summed E-state index contributed by atoms with van der Waals surface area (Å²) in [6.07, 6.45) is 7.56. The van der Waals surface area contributed by atoms with Gasteiger partial charge in [0.1, 0.15) is 5.82 Å². The minimum absolute atomic E-state index is 0.178. The highest BCUT2D eigenvalue weighted by Crippen LogP contribution is 2.18. The van der Waals surface area contributed by atoms with E-state index in [0.717, 1.165) is 18.9 Å². The van der Waals surface area contributed by atoms with Crippen LogP contribution in [0.3, 0.4) is 0 Å². The second-order valence-corrected chi connectivity index (χ2v) is 3.72. The van der Waals surface area contributed by atoms with Crippen molar-refractivity contribution in [2.45, 2.75) is 25.8 Å². The second kappa shape index (κ2) is 4.46. The summed E-state index contributed by atoms with van der Waals surface area (Å²) in [4.78, 5) is 6.48. The number of aromatic nitrogens is 2. The van der Waals surface area contributed by atoms with Gasteiger partial charge < -0.3 is 14.6 Å². The number of aliphatic hydroxyl groups excluding tert-OH is 1. The summed E-state index contributed by atoms with van der Waals surface area (Å²) in [5, 5.41) is 8.89. The maximum Gasteiger partial charge on any atom is 0.128 e. The summed E-state index contributed by atoms with van der Waals surface area (Å²) < 4.78 is 2.02. The van der Waals surface area contributed by atoms with Crippen LogP contribution in [-0.4, -0.2) is 34.4 Å². The van der Waals surface area contributed by atoms with Gasteiger partial charge in [0.15, 0.2) is 0 Å². The maximum absolute atomic E-state index is 8.89. The van der Waals surface area contributed by atoms with Crippen molar-refractivity contribution in [3.05, 3.63) is 12.5 Å². The highest BCUT2D eigenvalue weighted by atomic mass is 16.3. The van der Waals surface area contributed by atoms with Crippen LogP contribution >= 0.6 is 0 Å². The molecule has 0 unspecified atom stereocenters. The van der Waals surface area contributed by atoms with E-state index in [-0.39, 0.29) is 6.61 Å². The fraction of sp³-hybridized carbons (Fsp3) is 0.700. The number of imidazole rings is 1. The Labute approximate surface area is 84.2 Å². The second-order valence-electron chi connectivity index (χ2n) is 3.72. The highest BCUT2D eigenvalue weighted by molar-refractivity contribution is 5.37. The molecule has 1 aromatic rings. The number of anilines is 1. The molecule has 14 heavy (non-hydrogen) atoms. The molecular weight excluding hydrogens is 178 g/mol. The van der Waals surface area contributed by atoms with Gasteiger partial charge in [-0.25, -0.2) is 4.98 Å². The first-order chi connectivity index (χ1) is 6.92. The largest absolute Gasteiger partial charge is 0.395 e. The van der Waals surface area contributed by atoms with Crippen LogP contribution in [0.5, 0.6) is 0 Å². The number of nitrogens with zero attached hydrogens (tertiary/aromatic N) is 3. The first kappa shape index (κ1) is 9.52. The topological polar surface area (TPSA) is 41.3 Å². The van der Waals surface area contributed by atoms with Crippen molar-refractivity contribution in [2.75, 3.05) is 24.6 Å². The van der Waals surface area contributed by atoms with Crippen LogP contribution in [0.1, 0.15) is 19.3 Å². The Balaban J connectivity index is 2.09. The summed E-state index contributed by atoms with van der Waals surface area (Å²) in [5.74, 6) is 1.15. The first-order valence-corrected chi connectivity index (χ1v) is 5.28. The molecule has 0 amide bonds. The van der Waals surface area contributed by atoms with E-state index in [1.54, 1.807) is 6.33 Å². The molecule has 0 aliphatic carbocycles. The lowest BCUT2D eigenvalue weighted by atomic mass is 10.1. The van der Waals surface area contributed by atoms with Crippen LogP contribution in [0.25, 0.3) is 0 Å². The third-order valence-electron chi connectivity index (χ3n) is 2.71. The minimum Gasteiger partial charge on any atom is -0.395 e. The predicted octanol–water partition coefficient (Wildman–Crippen LogP) is 0.866. The average molecular weight is 195 g/mol. The van der Waals surface area contributed by atoms with Crippen molar-refractivity contribution in [1.82, 2.24) is 9.55 Å². The van der Waals surface area contributed by atoms with Crippen LogP contribution in [0.2, 0.25) is 0 Å². The molecule has 1 aliphatic heterocycles. The van der Waals surface area contributed by atoms with Crippen molar-refractivity contribution in [1.29, 1.82) is 0 Å². The van der Waals surface area contributed by atoms with Crippen LogP contribution in [0.15, 0.2) is 12.5 Å². The van der Waals surface area contributed by atoms with Gasteiger partial charge >= 0.3 is 0 Å². The van der Waals surface area contributed by atoms with Crippen molar-refractivity contribution in [3.8, 4) is 0 Å². The molecule has 0 aromatic carbocycles. The van der Waals surface area contributed by atoms with Crippen molar-refractivity contribution in [2.24, 2.45) is 0 Å². The van der Waals surface area contributed by atoms with Crippen molar-refractivity contribution < 1.29 is 5.11 Å². The third-order valence-corrected chi connectivity index (χ3v) is 2.71. The molecule has 4 heteroatoms. The van der Waals surface area contributed by atoms with E-state index < -0.39 is 0 Å². The number of aliphatic hydroxyl groups is 1. The molecule has 0 spiro atoms. The van der Waals surface area contributed by atoms with Gasteiger partial charge in [0.05, 0.1) is 19.1 Å². The van der Waals surface area contributed by atoms with Crippen molar-refractivity contribution in [3.63, 3.8) is 0 Å². The molecule has 4 nitrogen and oxygen atoms in total. The van der Waals surface area contributed by atoms with E-state index in [9.17, 15) is 0 Å². The lowest BCUT2D eigenvalue weighted by Crippen LogP contribution is -2.31. The lowest BCUT2D eigenvalue weighted by molar-refractivity contribution is 0.276. The molecule has 78 valence electrons. The summed E-state index contributed by atoms with van der Waals surface area (Å²) in [6.45, 7) is 3.07. The van der Waals surface area contributed by atoms with E-state index in [1.165, 1.54) is 19.3 Å². The molecule has 0 radical (unpaired) electrons. The molecule has 2 heterocycles. The molecule has 1 saturated heterocycles. The van der Waals surface area contributed by atoms with Crippen LogP contribution in [0, 0.1) is 0 Å². The quantitative estimate of drug-likeness (QED) is 0.778. The van der Waals surface area contributed by atoms with Gasteiger partial charge in [-0.15, -0.1) is 0 Å². The van der Waals surface area contributed by atoms with Crippen molar-refractivity contribution >= 4 is 5.82 Å². The van der Waals surface area contributed by atoms with Gasteiger partial charge in [-0.1, -0.05) is 0 Å². The molecule has 0 atom stereocenters. The zero-order valence-electron chi connectivity index (χ0n) is 8.39. The first-order valence-electron chi connectivity index (χ1n) is 5.28. The predicted molar refractivity (Wildman–Crippen MR) is 55.4 cm³/mol. The van der Waals surface area contributed by atoms with E-state index in [0.29, 0.717) is 6.54 Å². The monoisotopic (exact) mass is 195 g/mol. The fourth-order valence-corrected chi connectivity index (χ4v) is 1.98. The van der Waals surface area contributed by atoms with Gasteiger partial charge in [0, 0.05) is 19.6 Å². The SMILES string of the molecule is OCCn1cncc1N1CCCCC1. The molecule has 1 aromatic heterocycles. The molecule has 1 fully saturated rings. The van der Waals surface area contributed by atoms with Gasteiger partial charge in [-0.2, -0.15) is 0 Å². The number of hydrogen-bond donors (Lipinski definition) is 1. The number of hydrogen-bond acceptors (Lipinski definition) is 3. The molecule has 2 rings (SSSR count). The Morgan fingerprint density at radius 2 is 2.07 bits per heavy atom. The van der Waals surface area contributed by atoms with Crippen LogP contribution in [-0.2, 0) is 6.54 Å². The van der Waals surface area contributed by atoms with E-state index in [2.05, 4.69) is 9.88 Å². The highest BCUT2D eigenvalue weighted by Gasteiger charge is 2.14. The Hall–Kier alpha value is -1.03.